The lowest BCUT2D eigenvalue weighted by molar-refractivity contribution is 0.122. The standard InChI is InChI=1S/C14H20ClN3O3S/c1-10-6-11(7-10)17-22(19,20)12-8-13(15)14(16-9-12)18-2-4-21-5-3-18/h8-11,17H,2-7H2,1H3. The number of rotatable bonds is 4. The van der Waals surface area contributed by atoms with E-state index in [9.17, 15) is 8.42 Å². The molecule has 0 unspecified atom stereocenters. The normalized spacial score (nSPS) is 25.8. The zero-order valence-electron chi connectivity index (χ0n) is 12.5. The fourth-order valence-corrected chi connectivity index (χ4v) is 4.44. The van der Waals surface area contributed by atoms with Crippen molar-refractivity contribution in [2.75, 3.05) is 31.2 Å². The van der Waals surface area contributed by atoms with Crippen molar-refractivity contribution >= 4 is 27.4 Å². The molecule has 0 spiro atoms. The minimum absolute atomic E-state index is 0.0256. The lowest BCUT2D eigenvalue weighted by Gasteiger charge is -2.33. The molecule has 8 heteroatoms. The Bertz CT molecular complexity index is 641. The maximum Gasteiger partial charge on any atom is 0.242 e. The number of nitrogens with one attached hydrogen (secondary N) is 1. The minimum Gasteiger partial charge on any atom is -0.378 e. The van der Waals surface area contributed by atoms with E-state index in [4.69, 9.17) is 16.3 Å². The van der Waals surface area contributed by atoms with E-state index in [1.807, 2.05) is 4.90 Å². The van der Waals surface area contributed by atoms with Crippen LogP contribution in [0.3, 0.4) is 0 Å². The molecule has 1 aliphatic heterocycles. The predicted octanol–water partition coefficient (Wildman–Crippen LogP) is 1.65. The van der Waals surface area contributed by atoms with Crippen molar-refractivity contribution in [1.29, 1.82) is 0 Å². The summed E-state index contributed by atoms with van der Waals surface area (Å²) in [5.74, 6) is 1.19. The maximum absolute atomic E-state index is 12.3. The number of hydrogen-bond acceptors (Lipinski definition) is 5. The molecule has 0 bridgehead atoms. The van der Waals surface area contributed by atoms with E-state index in [2.05, 4.69) is 16.6 Å². The van der Waals surface area contributed by atoms with Crippen LogP contribution in [0.25, 0.3) is 0 Å². The van der Waals surface area contributed by atoms with E-state index in [1.54, 1.807) is 0 Å². The second kappa shape index (κ2) is 6.31. The third-order valence-corrected chi connectivity index (χ3v) is 5.88. The van der Waals surface area contributed by atoms with Crippen LogP contribution in [0.4, 0.5) is 5.82 Å². The van der Waals surface area contributed by atoms with Crippen LogP contribution >= 0.6 is 11.6 Å². The van der Waals surface area contributed by atoms with Crippen molar-refractivity contribution in [2.24, 2.45) is 5.92 Å². The highest BCUT2D eigenvalue weighted by atomic mass is 35.5. The average molecular weight is 346 g/mol. The summed E-state index contributed by atoms with van der Waals surface area (Å²) in [5.41, 5.74) is 0. The van der Waals surface area contributed by atoms with Crippen molar-refractivity contribution in [3.05, 3.63) is 17.3 Å². The van der Waals surface area contributed by atoms with Gasteiger partial charge in [-0.2, -0.15) is 0 Å². The van der Waals surface area contributed by atoms with Gasteiger partial charge in [-0.15, -0.1) is 0 Å². The van der Waals surface area contributed by atoms with Crippen LogP contribution in [0, 0.1) is 5.92 Å². The SMILES string of the molecule is CC1CC(NS(=O)(=O)c2cnc(N3CCOCC3)c(Cl)c2)C1. The Kier molecular flexibility index (Phi) is 4.59. The van der Waals surface area contributed by atoms with Gasteiger partial charge < -0.3 is 9.64 Å². The van der Waals surface area contributed by atoms with E-state index < -0.39 is 10.0 Å². The summed E-state index contributed by atoms with van der Waals surface area (Å²) in [4.78, 5) is 6.38. The summed E-state index contributed by atoms with van der Waals surface area (Å²) < 4.78 is 32.7. The quantitative estimate of drug-likeness (QED) is 0.898. The minimum atomic E-state index is -3.55. The second-order valence-corrected chi connectivity index (χ2v) is 8.09. The highest BCUT2D eigenvalue weighted by Crippen LogP contribution is 2.29. The third kappa shape index (κ3) is 3.37. The first-order valence-corrected chi connectivity index (χ1v) is 9.32. The lowest BCUT2D eigenvalue weighted by atomic mass is 9.83. The Morgan fingerprint density at radius 2 is 2.05 bits per heavy atom. The van der Waals surface area contributed by atoms with Gasteiger partial charge in [-0.05, 0) is 24.8 Å². The number of pyridine rings is 1. The molecule has 1 N–H and O–H groups in total. The van der Waals surface area contributed by atoms with Crippen molar-refractivity contribution in [1.82, 2.24) is 9.71 Å². The molecule has 2 fully saturated rings. The highest BCUT2D eigenvalue weighted by molar-refractivity contribution is 7.89. The van der Waals surface area contributed by atoms with Crippen molar-refractivity contribution in [3.8, 4) is 0 Å². The van der Waals surface area contributed by atoms with Gasteiger partial charge in [-0.3, -0.25) is 0 Å². The fraction of sp³-hybridized carbons (Fsp3) is 0.643. The Morgan fingerprint density at radius 3 is 2.64 bits per heavy atom. The number of nitrogens with zero attached hydrogens (tertiary/aromatic N) is 2. The fourth-order valence-electron chi connectivity index (χ4n) is 2.85. The van der Waals surface area contributed by atoms with Crippen LogP contribution < -0.4 is 9.62 Å². The second-order valence-electron chi connectivity index (χ2n) is 5.97. The summed E-state index contributed by atoms with van der Waals surface area (Å²) in [6.07, 6.45) is 3.14. The van der Waals surface area contributed by atoms with Crippen LogP contribution in [-0.2, 0) is 14.8 Å². The van der Waals surface area contributed by atoms with Crippen molar-refractivity contribution < 1.29 is 13.2 Å². The van der Waals surface area contributed by atoms with Gasteiger partial charge in [0.2, 0.25) is 10.0 Å². The van der Waals surface area contributed by atoms with Crippen LogP contribution in [-0.4, -0.2) is 45.7 Å². The van der Waals surface area contributed by atoms with Crippen molar-refractivity contribution in [2.45, 2.75) is 30.7 Å². The molecule has 1 aromatic rings. The van der Waals surface area contributed by atoms with Crippen LogP contribution in [0.1, 0.15) is 19.8 Å². The van der Waals surface area contributed by atoms with Gasteiger partial charge in [0.25, 0.3) is 0 Å². The number of halogens is 1. The van der Waals surface area contributed by atoms with Gasteiger partial charge in [0.05, 0.1) is 18.2 Å². The first-order chi connectivity index (χ1) is 10.5. The molecule has 0 aromatic carbocycles. The van der Waals surface area contributed by atoms with Gasteiger partial charge in [-0.1, -0.05) is 18.5 Å². The monoisotopic (exact) mass is 345 g/mol. The Labute approximate surface area is 135 Å². The molecule has 22 heavy (non-hydrogen) atoms. The van der Waals surface area contributed by atoms with Gasteiger partial charge in [-0.25, -0.2) is 18.1 Å². The molecule has 6 nitrogen and oxygen atoms in total. The molecule has 2 heterocycles. The molecule has 0 radical (unpaired) electrons. The zero-order chi connectivity index (χ0) is 15.7. The molecule has 1 aliphatic carbocycles. The molecular formula is C14H20ClN3O3S. The van der Waals surface area contributed by atoms with Crippen LogP contribution in [0.15, 0.2) is 17.2 Å². The summed E-state index contributed by atoms with van der Waals surface area (Å²) in [7, 11) is -3.55. The molecule has 122 valence electrons. The van der Waals surface area contributed by atoms with E-state index in [1.165, 1.54) is 12.3 Å². The largest absolute Gasteiger partial charge is 0.378 e. The number of morpholine rings is 1. The Morgan fingerprint density at radius 1 is 1.36 bits per heavy atom. The zero-order valence-corrected chi connectivity index (χ0v) is 14.0. The van der Waals surface area contributed by atoms with Gasteiger partial charge in [0.15, 0.2) is 0 Å². The Balaban J connectivity index is 1.75. The molecule has 0 atom stereocenters. The maximum atomic E-state index is 12.3. The molecule has 0 amide bonds. The summed E-state index contributed by atoms with van der Waals surface area (Å²) >= 11 is 6.24. The average Bonchev–Trinajstić information content (AvgIpc) is 2.46. The number of sulfonamides is 1. The van der Waals surface area contributed by atoms with E-state index >= 15 is 0 Å². The number of aromatic nitrogens is 1. The van der Waals surface area contributed by atoms with Crippen LogP contribution in [0.5, 0.6) is 0 Å². The smallest absolute Gasteiger partial charge is 0.242 e. The molecule has 1 aromatic heterocycles. The summed E-state index contributed by atoms with van der Waals surface area (Å²) in [5, 5.41) is 0.353. The topological polar surface area (TPSA) is 71.5 Å². The summed E-state index contributed by atoms with van der Waals surface area (Å²) in [6, 6.07) is 1.50. The molecule has 1 saturated heterocycles. The third-order valence-electron chi connectivity index (χ3n) is 4.11. The molecule has 2 aliphatic rings. The van der Waals surface area contributed by atoms with E-state index in [0.717, 1.165) is 12.8 Å². The van der Waals surface area contributed by atoms with E-state index in [-0.39, 0.29) is 10.9 Å². The number of anilines is 1. The first kappa shape index (κ1) is 16.0. The first-order valence-electron chi connectivity index (χ1n) is 7.46. The van der Waals surface area contributed by atoms with Gasteiger partial charge in [0.1, 0.15) is 10.7 Å². The Hall–Kier alpha value is -0.890. The number of ether oxygens (including phenoxy) is 1. The van der Waals surface area contributed by atoms with Gasteiger partial charge >= 0.3 is 0 Å². The van der Waals surface area contributed by atoms with E-state index in [0.29, 0.717) is 43.1 Å². The predicted molar refractivity (Wildman–Crippen MR) is 84.8 cm³/mol. The van der Waals surface area contributed by atoms with Crippen molar-refractivity contribution in [3.63, 3.8) is 0 Å². The lowest BCUT2D eigenvalue weighted by Crippen LogP contribution is -2.43. The van der Waals surface area contributed by atoms with Gasteiger partial charge in [0, 0.05) is 25.3 Å². The van der Waals surface area contributed by atoms with Crippen LogP contribution in [0.2, 0.25) is 5.02 Å². The number of hydrogen-bond donors (Lipinski definition) is 1. The summed E-state index contributed by atoms with van der Waals surface area (Å²) in [6.45, 7) is 4.77. The molecule has 3 rings (SSSR count). The highest BCUT2D eigenvalue weighted by Gasteiger charge is 2.30. The molecule has 1 saturated carbocycles. The molecular weight excluding hydrogens is 326 g/mol.